The van der Waals surface area contributed by atoms with Crippen molar-refractivity contribution in [1.29, 1.82) is 0 Å². The molecule has 0 radical (unpaired) electrons. The fourth-order valence-corrected chi connectivity index (χ4v) is 2.01. The van der Waals surface area contributed by atoms with E-state index < -0.39 is 0 Å². The Morgan fingerprint density at radius 2 is 1.72 bits per heavy atom. The summed E-state index contributed by atoms with van der Waals surface area (Å²) < 4.78 is 5.66. The Morgan fingerprint density at radius 3 is 2.28 bits per heavy atom. The van der Waals surface area contributed by atoms with Gasteiger partial charge in [0.05, 0.1) is 6.54 Å². The number of hydrogen-bond donors (Lipinski definition) is 0. The van der Waals surface area contributed by atoms with E-state index in [2.05, 4.69) is 55.1 Å². The lowest BCUT2D eigenvalue weighted by atomic mass is 10.2. The van der Waals surface area contributed by atoms with Crippen molar-refractivity contribution in [3.63, 3.8) is 0 Å². The van der Waals surface area contributed by atoms with Crippen LogP contribution in [0.15, 0.2) is 46.9 Å². The molecule has 0 bridgehead atoms. The van der Waals surface area contributed by atoms with E-state index in [4.69, 9.17) is 4.42 Å². The highest BCUT2D eigenvalue weighted by atomic mass is 16.3. The average molecular weight is 243 g/mol. The zero-order valence-corrected chi connectivity index (χ0v) is 11.4. The maximum atomic E-state index is 5.66. The van der Waals surface area contributed by atoms with Crippen LogP contribution in [0.2, 0.25) is 0 Å². The predicted molar refractivity (Wildman–Crippen MR) is 74.3 cm³/mol. The molecule has 0 unspecified atom stereocenters. The highest BCUT2D eigenvalue weighted by molar-refractivity contribution is 5.15. The third kappa shape index (κ3) is 3.47. The lowest BCUT2D eigenvalue weighted by Gasteiger charge is -2.25. The summed E-state index contributed by atoms with van der Waals surface area (Å²) in [5, 5.41) is 0. The second-order valence-electron chi connectivity index (χ2n) is 5.00. The molecule has 1 heterocycles. The Labute approximate surface area is 109 Å². The van der Waals surface area contributed by atoms with Crippen molar-refractivity contribution >= 4 is 0 Å². The Hall–Kier alpha value is -1.54. The molecule has 2 heteroatoms. The number of benzene rings is 1. The van der Waals surface area contributed by atoms with Crippen molar-refractivity contribution in [3.05, 3.63) is 59.5 Å². The summed E-state index contributed by atoms with van der Waals surface area (Å²) in [6.45, 7) is 8.25. The number of nitrogens with zero attached hydrogens (tertiary/aromatic N) is 1. The third-order valence-corrected chi connectivity index (χ3v) is 3.11. The first-order valence-corrected chi connectivity index (χ1v) is 6.48. The number of furan rings is 1. The Balaban J connectivity index is 2.05. The first-order chi connectivity index (χ1) is 8.65. The van der Waals surface area contributed by atoms with Gasteiger partial charge in [0.25, 0.3) is 0 Å². The van der Waals surface area contributed by atoms with Gasteiger partial charge in [-0.3, -0.25) is 4.90 Å². The van der Waals surface area contributed by atoms with E-state index in [0.717, 1.165) is 24.6 Å². The molecular weight excluding hydrogens is 222 g/mol. The highest BCUT2D eigenvalue weighted by Crippen LogP contribution is 2.15. The first kappa shape index (κ1) is 12.9. The lowest BCUT2D eigenvalue weighted by molar-refractivity contribution is 0.187. The van der Waals surface area contributed by atoms with Gasteiger partial charge < -0.3 is 4.42 Å². The van der Waals surface area contributed by atoms with E-state index in [0.29, 0.717) is 6.04 Å². The molecule has 2 aromatic rings. The standard InChI is InChI=1S/C16H21NO/c1-13(2)17(11-15-7-5-4-6-8-15)12-16-10-9-14(3)18-16/h4-10,13H,11-12H2,1-3H3. The van der Waals surface area contributed by atoms with Crippen LogP contribution in [-0.2, 0) is 13.1 Å². The van der Waals surface area contributed by atoms with Gasteiger partial charge >= 0.3 is 0 Å². The van der Waals surface area contributed by atoms with Crippen LogP contribution in [0.1, 0.15) is 30.9 Å². The maximum Gasteiger partial charge on any atom is 0.118 e. The molecule has 2 rings (SSSR count). The summed E-state index contributed by atoms with van der Waals surface area (Å²) in [5.74, 6) is 2.02. The molecule has 0 aliphatic rings. The molecule has 1 aromatic carbocycles. The molecule has 0 amide bonds. The van der Waals surface area contributed by atoms with Crippen LogP contribution < -0.4 is 0 Å². The molecule has 0 spiro atoms. The van der Waals surface area contributed by atoms with Crippen molar-refractivity contribution in [2.75, 3.05) is 0 Å². The van der Waals surface area contributed by atoms with Gasteiger partial charge in [-0.25, -0.2) is 0 Å². The van der Waals surface area contributed by atoms with Crippen molar-refractivity contribution in [3.8, 4) is 0 Å². The molecule has 1 aromatic heterocycles. The minimum Gasteiger partial charge on any atom is -0.465 e. The molecule has 0 saturated heterocycles. The van der Waals surface area contributed by atoms with E-state index in [1.807, 2.05) is 13.0 Å². The van der Waals surface area contributed by atoms with E-state index in [-0.39, 0.29) is 0 Å². The van der Waals surface area contributed by atoms with E-state index in [9.17, 15) is 0 Å². The van der Waals surface area contributed by atoms with Crippen molar-refractivity contribution in [2.45, 2.75) is 39.9 Å². The number of aryl methyl sites for hydroxylation is 1. The Kier molecular flexibility index (Phi) is 4.21. The largest absolute Gasteiger partial charge is 0.465 e. The van der Waals surface area contributed by atoms with E-state index in [1.54, 1.807) is 0 Å². The second-order valence-corrected chi connectivity index (χ2v) is 5.00. The van der Waals surface area contributed by atoms with Gasteiger partial charge in [0, 0.05) is 12.6 Å². The van der Waals surface area contributed by atoms with E-state index in [1.165, 1.54) is 5.56 Å². The van der Waals surface area contributed by atoms with Crippen LogP contribution in [-0.4, -0.2) is 10.9 Å². The summed E-state index contributed by atoms with van der Waals surface area (Å²) in [5.41, 5.74) is 1.34. The predicted octanol–water partition coefficient (Wildman–Crippen LogP) is 4.00. The molecule has 2 nitrogen and oxygen atoms in total. The van der Waals surface area contributed by atoms with Crippen LogP contribution in [0.25, 0.3) is 0 Å². The van der Waals surface area contributed by atoms with Gasteiger partial charge in [-0.1, -0.05) is 30.3 Å². The highest BCUT2D eigenvalue weighted by Gasteiger charge is 2.12. The molecule has 18 heavy (non-hydrogen) atoms. The topological polar surface area (TPSA) is 16.4 Å². The molecular formula is C16H21NO. The smallest absolute Gasteiger partial charge is 0.118 e. The maximum absolute atomic E-state index is 5.66. The van der Waals surface area contributed by atoms with Gasteiger partial charge in [-0.15, -0.1) is 0 Å². The van der Waals surface area contributed by atoms with Crippen LogP contribution in [0.4, 0.5) is 0 Å². The lowest BCUT2D eigenvalue weighted by Crippen LogP contribution is -2.29. The second kappa shape index (κ2) is 5.87. The normalized spacial score (nSPS) is 11.4. The molecule has 96 valence electrons. The van der Waals surface area contributed by atoms with Gasteiger partial charge in [-0.2, -0.15) is 0 Å². The molecule has 0 atom stereocenters. The Bertz CT molecular complexity index is 473. The summed E-state index contributed by atoms with van der Waals surface area (Å²) in [6, 6.07) is 15.2. The van der Waals surface area contributed by atoms with E-state index >= 15 is 0 Å². The molecule has 0 saturated carbocycles. The number of rotatable bonds is 5. The molecule has 0 N–H and O–H groups in total. The molecule has 0 fully saturated rings. The number of hydrogen-bond acceptors (Lipinski definition) is 2. The summed E-state index contributed by atoms with van der Waals surface area (Å²) in [6.07, 6.45) is 0. The van der Waals surface area contributed by atoms with Gasteiger partial charge in [0.1, 0.15) is 11.5 Å². The van der Waals surface area contributed by atoms with Gasteiger partial charge in [-0.05, 0) is 38.5 Å². The fourth-order valence-electron chi connectivity index (χ4n) is 2.01. The van der Waals surface area contributed by atoms with Crippen molar-refractivity contribution < 1.29 is 4.42 Å². The van der Waals surface area contributed by atoms with Gasteiger partial charge in [0.15, 0.2) is 0 Å². The molecule has 0 aliphatic heterocycles. The summed E-state index contributed by atoms with van der Waals surface area (Å²) in [4.78, 5) is 2.41. The van der Waals surface area contributed by atoms with Gasteiger partial charge in [0.2, 0.25) is 0 Å². The molecule has 0 aliphatic carbocycles. The first-order valence-electron chi connectivity index (χ1n) is 6.48. The average Bonchev–Trinajstić information content (AvgIpc) is 2.75. The quantitative estimate of drug-likeness (QED) is 0.789. The van der Waals surface area contributed by atoms with Crippen LogP contribution in [0, 0.1) is 6.92 Å². The summed E-state index contributed by atoms with van der Waals surface area (Å²) >= 11 is 0. The zero-order valence-electron chi connectivity index (χ0n) is 11.4. The van der Waals surface area contributed by atoms with Crippen molar-refractivity contribution in [2.24, 2.45) is 0 Å². The minimum atomic E-state index is 0.496. The fraction of sp³-hybridized carbons (Fsp3) is 0.375. The SMILES string of the molecule is Cc1ccc(CN(Cc2ccccc2)C(C)C)o1. The van der Waals surface area contributed by atoms with Crippen LogP contribution in [0.3, 0.4) is 0 Å². The Morgan fingerprint density at radius 1 is 1.00 bits per heavy atom. The summed E-state index contributed by atoms with van der Waals surface area (Å²) in [7, 11) is 0. The zero-order chi connectivity index (χ0) is 13.0. The van der Waals surface area contributed by atoms with Crippen LogP contribution in [0.5, 0.6) is 0 Å². The monoisotopic (exact) mass is 243 g/mol. The third-order valence-electron chi connectivity index (χ3n) is 3.11. The van der Waals surface area contributed by atoms with Crippen LogP contribution >= 0.6 is 0 Å². The minimum absolute atomic E-state index is 0.496. The van der Waals surface area contributed by atoms with Crippen molar-refractivity contribution in [1.82, 2.24) is 4.90 Å².